The number of hydrogen-bond acceptors (Lipinski definition) is 4. The van der Waals surface area contributed by atoms with Crippen molar-refractivity contribution in [3.8, 4) is 0 Å². The average Bonchev–Trinajstić information content (AvgIpc) is 3.02. The van der Waals surface area contributed by atoms with Crippen molar-refractivity contribution in [2.75, 3.05) is 24.5 Å². The molecule has 0 radical (unpaired) electrons. The number of thiazole rings is 1. The fourth-order valence-electron chi connectivity index (χ4n) is 3.86. The molecule has 0 aromatic carbocycles. The van der Waals surface area contributed by atoms with Crippen molar-refractivity contribution >= 4 is 16.5 Å². The minimum absolute atomic E-state index is 0.377. The average molecular weight is 308 g/mol. The van der Waals surface area contributed by atoms with E-state index in [1.54, 1.807) is 0 Å². The first-order valence-electron chi connectivity index (χ1n) is 8.71. The molecule has 2 aliphatic rings. The van der Waals surface area contributed by atoms with Gasteiger partial charge in [-0.25, -0.2) is 4.98 Å². The summed E-state index contributed by atoms with van der Waals surface area (Å²) in [7, 11) is 0. The van der Waals surface area contributed by atoms with Gasteiger partial charge in [-0.2, -0.15) is 0 Å². The molecule has 2 fully saturated rings. The van der Waals surface area contributed by atoms with Crippen molar-refractivity contribution in [2.45, 2.75) is 58.4 Å². The van der Waals surface area contributed by atoms with E-state index in [2.05, 4.69) is 29.4 Å². The van der Waals surface area contributed by atoms with Crippen molar-refractivity contribution in [3.05, 3.63) is 11.1 Å². The van der Waals surface area contributed by atoms with Crippen molar-refractivity contribution < 1.29 is 0 Å². The summed E-state index contributed by atoms with van der Waals surface area (Å²) in [6, 6.07) is 0.377. The SMILES string of the molecule is CCCNC(C)c1csc(N2CCC3CCCCC3C2)n1. The molecule has 1 saturated carbocycles. The highest BCUT2D eigenvalue weighted by Gasteiger charge is 2.32. The number of anilines is 1. The molecular formula is C17H29N3S. The summed E-state index contributed by atoms with van der Waals surface area (Å²) in [6.45, 7) is 7.96. The second kappa shape index (κ2) is 7.10. The van der Waals surface area contributed by atoms with Crippen LogP contribution in [-0.4, -0.2) is 24.6 Å². The largest absolute Gasteiger partial charge is 0.348 e. The van der Waals surface area contributed by atoms with Crippen LogP contribution in [0.3, 0.4) is 0 Å². The third kappa shape index (κ3) is 3.59. The van der Waals surface area contributed by atoms with Crippen LogP contribution >= 0.6 is 11.3 Å². The van der Waals surface area contributed by atoms with Crippen LogP contribution in [0, 0.1) is 11.8 Å². The van der Waals surface area contributed by atoms with E-state index < -0.39 is 0 Å². The van der Waals surface area contributed by atoms with Gasteiger partial charge in [-0.1, -0.05) is 26.2 Å². The Bertz CT molecular complexity index is 445. The van der Waals surface area contributed by atoms with Gasteiger partial charge in [-0.3, -0.25) is 0 Å². The molecule has 4 heteroatoms. The smallest absolute Gasteiger partial charge is 0.185 e. The Balaban J connectivity index is 1.60. The van der Waals surface area contributed by atoms with Crippen molar-refractivity contribution in [1.29, 1.82) is 0 Å². The molecule has 21 heavy (non-hydrogen) atoms. The standard InChI is InChI=1S/C17H29N3S/c1-3-9-18-13(2)16-12-21-17(19-16)20-10-8-14-6-4-5-7-15(14)11-20/h12-15,18H,3-11H2,1-2H3. The molecule has 1 aliphatic carbocycles. The maximum absolute atomic E-state index is 4.91. The highest BCUT2D eigenvalue weighted by Crippen LogP contribution is 2.38. The fraction of sp³-hybridized carbons (Fsp3) is 0.824. The molecule has 0 spiro atoms. The third-order valence-corrected chi connectivity index (χ3v) is 6.14. The minimum Gasteiger partial charge on any atom is -0.348 e. The van der Waals surface area contributed by atoms with E-state index in [0.29, 0.717) is 6.04 Å². The van der Waals surface area contributed by atoms with Gasteiger partial charge in [0.25, 0.3) is 0 Å². The van der Waals surface area contributed by atoms with Crippen LogP contribution in [0.15, 0.2) is 5.38 Å². The number of piperidine rings is 1. The lowest BCUT2D eigenvalue weighted by molar-refractivity contribution is 0.202. The maximum Gasteiger partial charge on any atom is 0.185 e. The van der Waals surface area contributed by atoms with Gasteiger partial charge in [0.15, 0.2) is 5.13 Å². The molecule has 3 atom stereocenters. The summed E-state index contributed by atoms with van der Waals surface area (Å²) in [5.74, 6) is 1.93. The first-order valence-corrected chi connectivity index (χ1v) is 9.59. The maximum atomic E-state index is 4.91. The second-order valence-electron chi connectivity index (χ2n) is 6.77. The lowest BCUT2D eigenvalue weighted by Gasteiger charge is -2.41. The van der Waals surface area contributed by atoms with E-state index in [9.17, 15) is 0 Å². The quantitative estimate of drug-likeness (QED) is 0.883. The summed E-state index contributed by atoms with van der Waals surface area (Å²) >= 11 is 1.83. The molecule has 0 amide bonds. The van der Waals surface area contributed by atoms with Crippen LogP contribution in [0.1, 0.15) is 64.1 Å². The Morgan fingerprint density at radius 1 is 1.33 bits per heavy atom. The Labute approximate surface area is 133 Å². The van der Waals surface area contributed by atoms with Crippen molar-refractivity contribution in [3.63, 3.8) is 0 Å². The Morgan fingerprint density at radius 2 is 2.14 bits per heavy atom. The zero-order valence-corrected chi connectivity index (χ0v) is 14.3. The van der Waals surface area contributed by atoms with Gasteiger partial charge in [0.05, 0.1) is 5.69 Å². The fourth-order valence-corrected chi connectivity index (χ4v) is 4.82. The summed E-state index contributed by atoms with van der Waals surface area (Å²) in [6.07, 6.45) is 8.37. The van der Waals surface area contributed by atoms with Gasteiger partial charge >= 0.3 is 0 Å². The molecule has 1 aromatic heterocycles. The van der Waals surface area contributed by atoms with Gasteiger partial charge in [-0.15, -0.1) is 11.3 Å². The van der Waals surface area contributed by atoms with E-state index >= 15 is 0 Å². The van der Waals surface area contributed by atoms with E-state index in [1.807, 2.05) is 11.3 Å². The van der Waals surface area contributed by atoms with Crippen molar-refractivity contribution in [2.24, 2.45) is 11.8 Å². The molecule has 3 rings (SSSR count). The third-order valence-electron chi connectivity index (χ3n) is 5.22. The molecule has 3 nitrogen and oxygen atoms in total. The normalized spacial score (nSPS) is 27.4. The Morgan fingerprint density at radius 3 is 2.95 bits per heavy atom. The first-order chi connectivity index (χ1) is 10.3. The molecule has 1 aliphatic heterocycles. The van der Waals surface area contributed by atoms with Gasteiger partial charge in [-0.05, 0) is 44.6 Å². The second-order valence-corrected chi connectivity index (χ2v) is 7.61. The summed E-state index contributed by atoms with van der Waals surface area (Å²) in [4.78, 5) is 7.46. The first kappa shape index (κ1) is 15.3. The molecule has 3 unspecified atom stereocenters. The monoisotopic (exact) mass is 307 g/mol. The van der Waals surface area contributed by atoms with Crippen LogP contribution in [-0.2, 0) is 0 Å². The molecule has 1 saturated heterocycles. The van der Waals surface area contributed by atoms with Crippen LogP contribution in [0.2, 0.25) is 0 Å². The number of hydrogen-bond donors (Lipinski definition) is 1. The van der Waals surface area contributed by atoms with Crippen LogP contribution in [0.5, 0.6) is 0 Å². The predicted octanol–water partition coefficient (Wildman–Crippen LogP) is 4.22. The van der Waals surface area contributed by atoms with Gasteiger partial charge in [0.2, 0.25) is 0 Å². The Kier molecular flexibility index (Phi) is 5.17. The van der Waals surface area contributed by atoms with Gasteiger partial charge < -0.3 is 10.2 Å². The van der Waals surface area contributed by atoms with E-state index in [1.165, 1.54) is 62.4 Å². The molecule has 2 heterocycles. The predicted molar refractivity (Wildman–Crippen MR) is 91.1 cm³/mol. The number of rotatable bonds is 5. The lowest BCUT2D eigenvalue weighted by atomic mass is 9.75. The van der Waals surface area contributed by atoms with Gasteiger partial charge in [0, 0.05) is 24.5 Å². The molecule has 1 N–H and O–H groups in total. The Hall–Kier alpha value is -0.610. The van der Waals surface area contributed by atoms with Gasteiger partial charge in [0.1, 0.15) is 0 Å². The highest BCUT2D eigenvalue weighted by molar-refractivity contribution is 7.13. The topological polar surface area (TPSA) is 28.2 Å². The molecular weight excluding hydrogens is 278 g/mol. The number of nitrogens with zero attached hydrogens (tertiary/aromatic N) is 2. The number of nitrogens with one attached hydrogen (secondary N) is 1. The molecule has 0 bridgehead atoms. The van der Waals surface area contributed by atoms with E-state index in [4.69, 9.17) is 4.98 Å². The van der Waals surface area contributed by atoms with Crippen molar-refractivity contribution in [1.82, 2.24) is 10.3 Å². The van der Waals surface area contributed by atoms with E-state index in [0.717, 1.165) is 18.4 Å². The molecule has 1 aromatic rings. The van der Waals surface area contributed by atoms with Crippen LogP contribution in [0.25, 0.3) is 0 Å². The minimum atomic E-state index is 0.377. The number of fused-ring (bicyclic) bond motifs is 1. The summed E-state index contributed by atoms with van der Waals surface area (Å²) in [5.41, 5.74) is 1.22. The zero-order valence-electron chi connectivity index (χ0n) is 13.5. The highest BCUT2D eigenvalue weighted by atomic mass is 32.1. The molecule has 118 valence electrons. The lowest BCUT2D eigenvalue weighted by Crippen LogP contribution is -2.41. The summed E-state index contributed by atoms with van der Waals surface area (Å²) < 4.78 is 0. The summed E-state index contributed by atoms with van der Waals surface area (Å²) in [5, 5.41) is 7.03. The van der Waals surface area contributed by atoms with E-state index in [-0.39, 0.29) is 0 Å². The number of aromatic nitrogens is 1. The van der Waals surface area contributed by atoms with Crippen LogP contribution < -0.4 is 10.2 Å². The zero-order chi connectivity index (χ0) is 14.7. The van der Waals surface area contributed by atoms with Crippen LogP contribution in [0.4, 0.5) is 5.13 Å².